The molecule has 12 nitrogen and oxygen atoms in total. The van der Waals surface area contributed by atoms with Crippen LogP contribution in [0.1, 0.15) is 36.6 Å². The predicted octanol–water partition coefficient (Wildman–Crippen LogP) is 2.33. The summed E-state index contributed by atoms with van der Waals surface area (Å²) in [5.41, 5.74) is 2.67. The Balaban J connectivity index is 1.42. The van der Waals surface area contributed by atoms with Crippen LogP contribution in [0.15, 0.2) is 37.3 Å². The van der Waals surface area contributed by atoms with Crippen molar-refractivity contribution in [3.05, 3.63) is 48.7 Å². The van der Waals surface area contributed by atoms with Crippen molar-refractivity contribution in [3.8, 4) is 5.88 Å². The Kier molecular flexibility index (Phi) is 8.19. The molecule has 0 amide bonds. The van der Waals surface area contributed by atoms with Crippen LogP contribution in [0.4, 0.5) is 17.6 Å². The van der Waals surface area contributed by atoms with Gasteiger partial charge in [-0.1, -0.05) is 6.58 Å². The van der Waals surface area contributed by atoms with E-state index in [0.29, 0.717) is 49.0 Å². The Hall–Kier alpha value is -3.61. The van der Waals surface area contributed by atoms with Crippen molar-refractivity contribution in [1.82, 2.24) is 35.0 Å². The summed E-state index contributed by atoms with van der Waals surface area (Å²) in [5.74, 6) is 8.20. The maximum atomic E-state index is 5.86. The van der Waals surface area contributed by atoms with Gasteiger partial charge < -0.3 is 20.3 Å². The first kappa shape index (κ1) is 24.5. The van der Waals surface area contributed by atoms with Crippen molar-refractivity contribution in [2.45, 2.75) is 31.3 Å². The molecule has 35 heavy (non-hydrogen) atoms. The number of anilines is 3. The van der Waals surface area contributed by atoms with Crippen LogP contribution in [0, 0.1) is 0 Å². The first-order valence-corrected chi connectivity index (χ1v) is 11.5. The van der Waals surface area contributed by atoms with E-state index in [0.717, 1.165) is 23.5 Å². The van der Waals surface area contributed by atoms with Crippen molar-refractivity contribution in [2.75, 3.05) is 44.4 Å². The van der Waals surface area contributed by atoms with Gasteiger partial charge in [0, 0.05) is 49.5 Å². The zero-order chi connectivity index (χ0) is 24.6. The second-order valence-corrected chi connectivity index (χ2v) is 8.72. The first-order chi connectivity index (χ1) is 17.0. The highest BCUT2D eigenvalue weighted by molar-refractivity contribution is 5.60. The number of nitrogens with zero attached hydrogens (tertiary/aromatic N) is 6. The fourth-order valence-corrected chi connectivity index (χ4v) is 3.36. The molecule has 4 rings (SSSR count). The maximum Gasteiger partial charge on any atom is 0.228 e. The summed E-state index contributed by atoms with van der Waals surface area (Å²) < 4.78 is 5.86. The topological polar surface area (TPSA) is 152 Å². The minimum atomic E-state index is -0.372. The van der Waals surface area contributed by atoms with E-state index in [-0.39, 0.29) is 6.10 Å². The molecule has 3 heterocycles. The number of hydrogen-bond donors (Lipinski definition) is 4. The highest BCUT2D eigenvalue weighted by Gasteiger charge is 2.25. The largest absolute Gasteiger partial charge is 0.476 e. The van der Waals surface area contributed by atoms with E-state index in [9.17, 15) is 0 Å². The fourth-order valence-electron chi connectivity index (χ4n) is 3.36. The van der Waals surface area contributed by atoms with Gasteiger partial charge in [-0.3, -0.25) is 9.94 Å². The number of likely N-dealkylation sites (N-methyl/N-ethyl adjacent to an activating group) is 1. The van der Waals surface area contributed by atoms with Gasteiger partial charge in [0.2, 0.25) is 11.8 Å². The van der Waals surface area contributed by atoms with Gasteiger partial charge in [-0.2, -0.15) is 15.1 Å². The molecule has 5 N–H and O–H groups in total. The number of ether oxygens (including phenoxy) is 1. The molecule has 1 atom stereocenters. The molecule has 0 saturated heterocycles. The van der Waals surface area contributed by atoms with E-state index in [4.69, 9.17) is 15.5 Å². The van der Waals surface area contributed by atoms with Gasteiger partial charge in [-0.25, -0.2) is 15.9 Å². The molecule has 1 fully saturated rings. The Morgan fingerprint density at radius 3 is 2.86 bits per heavy atom. The molecule has 0 aliphatic heterocycles. The summed E-state index contributed by atoms with van der Waals surface area (Å²) in [7, 11) is 3.97. The van der Waals surface area contributed by atoms with Crippen molar-refractivity contribution in [3.63, 3.8) is 0 Å². The Labute approximate surface area is 204 Å². The van der Waals surface area contributed by atoms with E-state index in [1.54, 1.807) is 18.3 Å². The Morgan fingerprint density at radius 1 is 1.29 bits per heavy atom. The smallest absolute Gasteiger partial charge is 0.228 e. The molecular weight excluding hydrogens is 448 g/mol. The number of aromatic nitrogens is 6. The molecule has 1 unspecified atom stereocenters. The molecule has 1 aliphatic carbocycles. The molecule has 3 aromatic heterocycles. The van der Waals surface area contributed by atoms with Crippen LogP contribution < -0.4 is 21.3 Å². The lowest BCUT2D eigenvalue weighted by atomic mass is 10.1. The number of nitrogens with one attached hydrogen (secondary N) is 3. The highest BCUT2D eigenvalue weighted by Crippen LogP contribution is 2.39. The van der Waals surface area contributed by atoms with Gasteiger partial charge in [0.15, 0.2) is 5.82 Å². The van der Waals surface area contributed by atoms with E-state index < -0.39 is 0 Å². The van der Waals surface area contributed by atoms with Crippen LogP contribution in [0.3, 0.4) is 0 Å². The minimum Gasteiger partial charge on any atom is -0.476 e. The number of rotatable bonds is 14. The van der Waals surface area contributed by atoms with Crippen LogP contribution >= 0.6 is 0 Å². The number of H-pyrrole nitrogens is 1. The van der Waals surface area contributed by atoms with Gasteiger partial charge in [-0.05, 0) is 38.6 Å². The van der Waals surface area contributed by atoms with Gasteiger partial charge >= 0.3 is 0 Å². The molecular formula is C23H32N10O2. The zero-order valence-corrected chi connectivity index (χ0v) is 20.1. The maximum absolute atomic E-state index is 5.86. The summed E-state index contributed by atoms with van der Waals surface area (Å²) in [6.07, 6.45) is 5.64. The van der Waals surface area contributed by atoms with Crippen LogP contribution in [-0.4, -0.2) is 74.9 Å². The Morgan fingerprint density at radius 2 is 2.14 bits per heavy atom. The average molecular weight is 481 g/mol. The first-order valence-electron chi connectivity index (χ1n) is 11.5. The van der Waals surface area contributed by atoms with E-state index in [1.807, 2.05) is 25.1 Å². The second-order valence-electron chi connectivity index (χ2n) is 8.72. The quantitative estimate of drug-likeness (QED) is 0.251. The SMILES string of the molecule is C=C(CC(CNc1nc(Nc2cc(C3CC3)[nH]n2)cc(OCCN(C)C)n1)ON)c1ccncn1. The molecule has 1 saturated carbocycles. The number of aromatic amines is 1. The lowest BCUT2D eigenvalue weighted by molar-refractivity contribution is 0.0660. The zero-order valence-electron chi connectivity index (χ0n) is 20.1. The Bertz CT molecular complexity index is 1100. The molecule has 0 spiro atoms. The number of nitrogens with two attached hydrogens (primary N) is 1. The third kappa shape index (κ3) is 7.44. The second kappa shape index (κ2) is 11.7. The van der Waals surface area contributed by atoms with E-state index in [1.165, 1.54) is 19.2 Å². The minimum absolute atomic E-state index is 0.357. The monoisotopic (exact) mass is 480 g/mol. The summed E-state index contributed by atoms with van der Waals surface area (Å²) in [4.78, 5) is 24.4. The number of hydrogen-bond acceptors (Lipinski definition) is 11. The third-order valence-electron chi connectivity index (χ3n) is 5.46. The van der Waals surface area contributed by atoms with Crippen molar-refractivity contribution in [2.24, 2.45) is 5.90 Å². The standard InChI is InChI=1S/C23H32N10O2/c1-15(18-6-7-25-14-27-18)10-17(35-24)13-26-23-29-20(12-22(30-23)34-9-8-33(2)3)28-21-11-19(31-32-21)16-4-5-16/h6-7,11-12,14,16-17H,1,4-5,8-10,13,24H2,2-3H3,(H3,26,28,29,30,31,32). The summed E-state index contributed by atoms with van der Waals surface area (Å²) >= 11 is 0. The van der Waals surface area contributed by atoms with Gasteiger partial charge in [0.25, 0.3) is 0 Å². The highest BCUT2D eigenvalue weighted by atomic mass is 16.6. The molecule has 3 aromatic rings. The lowest BCUT2D eigenvalue weighted by Gasteiger charge is -2.17. The van der Waals surface area contributed by atoms with Crippen LogP contribution in [0.2, 0.25) is 0 Å². The normalized spacial score (nSPS) is 14.1. The van der Waals surface area contributed by atoms with E-state index >= 15 is 0 Å². The van der Waals surface area contributed by atoms with Crippen molar-refractivity contribution >= 4 is 23.2 Å². The van der Waals surface area contributed by atoms with Gasteiger partial charge in [-0.15, -0.1) is 0 Å². The molecule has 0 radical (unpaired) electrons. The van der Waals surface area contributed by atoms with Crippen LogP contribution in [0.5, 0.6) is 5.88 Å². The van der Waals surface area contributed by atoms with Crippen molar-refractivity contribution < 1.29 is 9.57 Å². The fraction of sp³-hybridized carbons (Fsp3) is 0.435. The summed E-state index contributed by atoms with van der Waals surface area (Å²) in [6.45, 7) is 5.69. The molecule has 12 heteroatoms. The third-order valence-corrected chi connectivity index (χ3v) is 5.46. The predicted molar refractivity (Wildman–Crippen MR) is 133 cm³/mol. The van der Waals surface area contributed by atoms with Crippen LogP contribution in [-0.2, 0) is 4.84 Å². The molecule has 186 valence electrons. The summed E-state index contributed by atoms with van der Waals surface area (Å²) in [6, 6.07) is 5.55. The molecule has 1 aliphatic rings. The van der Waals surface area contributed by atoms with Crippen LogP contribution in [0.25, 0.3) is 5.57 Å². The lowest BCUT2D eigenvalue weighted by Crippen LogP contribution is -2.27. The molecule has 0 bridgehead atoms. The van der Waals surface area contributed by atoms with Crippen molar-refractivity contribution in [1.29, 1.82) is 0 Å². The van der Waals surface area contributed by atoms with Gasteiger partial charge in [0.05, 0.1) is 5.69 Å². The average Bonchev–Trinajstić information content (AvgIpc) is 3.60. The van der Waals surface area contributed by atoms with Gasteiger partial charge in [0.1, 0.15) is 24.9 Å². The summed E-state index contributed by atoms with van der Waals surface area (Å²) in [5, 5.41) is 13.9. The van der Waals surface area contributed by atoms with E-state index in [2.05, 4.69) is 47.3 Å². The molecule has 0 aromatic carbocycles.